The maximum Gasteiger partial charge on any atom is 0.246 e. The maximum atomic E-state index is 13.8. The number of carbonyl (C=O) groups excluding carboxylic acids is 1. The minimum absolute atomic E-state index is 0.0464. The van der Waals surface area contributed by atoms with Gasteiger partial charge in [0.1, 0.15) is 6.10 Å². The van der Waals surface area contributed by atoms with Gasteiger partial charge in [0.2, 0.25) is 5.91 Å². The lowest BCUT2D eigenvalue weighted by atomic mass is 9.48. The van der Waals surface area contributed by atoms with Crippen LogP contribution in [0.1, 0.15) is 49.8 Å². The van der Waals surface area contributed by atoms with Crippen molar-refractivity contribution in [3.8, 4) is 11.5 Å². The number of carbonyl (C=O) groups is 1. The Morgan fingerprint density at radius 2 is 2.03 bits per heavy atom. The molecule has 1 amide bonds. The van der Waals surface area contributed by atoms with E-state index < -0.39 is 17.1 Å². The van der Waals surface area contributed by atoms with Gasteiger partial charge in [-0.3, -0.25) is 9.69 Å². The van der Waals surface area contributed by atoms with Gasteiger partial charge < -0.3 is 19.8 Å². The van der Waals surface area contributed by atoms with Gasteiger partial charge in [-0.1, -0.05) is 56.3 Å². The summed E-state index contributed by atoms with van der Waals surface area (Å²) in [5, 5.41) is 23.5. The molecule has 2 aromatic rings. The zero-order valence-corrected chi connectivity index (χ0v) is 22.3. The fraction of sp³-hybridized carbons (Fsp3) is 0.469. The number of aromatic hydroxyl groups is 1. The van der Waals surface area contributed by atoms with Crippen LogP contribution < -0.4 is 4.74 Å². The van der Waals surface area contributed by atoms with Gasteiger partial charge >= 0.3 is 0 Å². The summed E-state index contributed by atoms with van der Waals surface area (Å²) < 4.78 is 6.69. The molecule has 200 valence electrons. The predicted octanol–water partition coefficient (Wildman–Crippen LogP) is 4.30. The van der Waals surface area contributed by atoms with Gasteiger partial charge in [-0.25, -0.2) is 0 Å². The lowest BCUT2D eigenvalue weighted by Gasteiger charge is -2.64. The first-order valence-electron chi connectivity index (χ1n) is 13.9. The van der Waals surface area contributed by atoms with E-state index in [0.717, 1.165) is 29.8 Å². The number of aliphatic hydroxyl groups is 1. The molecule has 1 saturated heterocycles. The van der Waals surface area contributed by atoms with Crippen LogP contribution in [0.25, 0.3) is 6.08 Å². The highest BCUT2D eigenvalue weighted by atomic mass is 16.5. The number of ether oxygens (including phenoxy) is 1. The second kappa shape index (κ2) is 9.28. The second-order valence-electron chi connectivity index (χ2n) is 11.9. The first-order chi connectivity index (χ1) is 18.3. The van der Waals surface area contributed by atoms with E-state index in [4.69, 9.17) is 4.74 Å². The van der Waals surface area contributed by atoms with Crippen molar-refractivity contribution in [2.24, 2.45) is 5.92 Å². The standard InChI is InChI=1S/C32H38N2O4/c1-4-17-33-18-16-31-28-23-11-12-25(35)29(28)38-30(31)24(14-15-32(31,37)26(33)19-23)34(20-21(2)3)27(36)13-10-22-8-6-5-7-9-22/h4-13,21,24,26,30,35,37H,1,14-20H2,2-3H3/b13-10+/t24?,26-,30?,31+,32-/m1/s1. The van der Waals surface area contributed by atoms with E-state index in [-0.39, 0.29) is 29.7 Å². The minimum atomic E-state index is -1.01. The zero-order valence-electron chi connectivity index (χ0n) is 22.3. The normalized spacial score (nSPS) is 31.2. The highest BCUT2D eigenvalue weighted by Crippen LogP contribution is 2.65. The number of piperidine rings is 1. The van der Waals surface area contributed by atoms with Crippen molar-refractivity contribution in [2.75, 3.05) is 19.6 Å². The average Bonchev–Trinajstić information content (AvgIpc) is 3.26. The van der Waals surface area contributed by atoms with Crippen LogP contribution >= 0.6 is 0 Å². The molecule has 2 N–H and O–H groups in total. The molecule has 0 radical (unpaired) electrons. The lowest BCUT2D eigenvalue weighted by molar-refractivity contribution is -0.199. The molecule has 2 fully saturated rings. The lowest BCUT2D eigenvalue weighted by Crippen LogP contribution is -2.78. The Bertz CT molecular complexity index is 1270. The molecule has 6 heteroatoms. The van der Waals surface area contributed by atoms with Gasteiger partial charge in [-0.15, -0.1) is 6.58 Å². The van der Waals surface area contributed by atoms with Gasteiger partial charge in [0.05, 0.1) is 17.1 Å². The molecule has 4 aliphatic rings. The monoisotopic (exact) mass is 514 g/mol. The molecule has 2 aliphatic carbocycles. The predicted molar refractivity (Wildman–Crippen MR) is 148 cm³/mol. The maximum absolute atomic E-state index is 13.8. The van der Waals surface area contributed by atoms with E-state index in [1.807, 2.05) is 53.5 Å². The van der Waals surface area contributed by atoms with Crippen molar-refractivity contribution in [1.29, 1.82) is 0 Å². The number of nitrogens with zero attached hydrogens (tertiary/aromatic N) is 2. The first-order valence-corrected chi connectivity index (χ1v) is 13.9. The number of likely N-dealkylation sites (tertiary alicyclic amines) is 1. The summed E-state index contributed by atoms with van der Waals surface area (Å²) in [6, 6.07) is 13.3. The number of amides is 1. The summed E-state index contributed by atoms with van der Waals surface area (Å²) in [7, 11) is 0. The van der Waals surface area contributed by atoms with Crippen LogP contribution in [0.5, 0.6) is 11.5 Å². The van der Waals surface area contributed by atoms with E-state index in [0.29, 0.717) is 38.0 Å². The smallest absolute Gasteiger partial charge is 0.246 e. The highest BCUT2D eigenvalue weighted by molar-refractivity contribution is 5.92. The van der Waals surface area contributed by atoms with Crippen LogP contribution in [0.15, 0.2) is 61.2 Å². The van der Waals surface area contributed by atoms with Crippen molar-refractivity contribution in [3.63, 3.8) is 0 Å². The van der Waals surface area contributed by atoms with Crippen molar-refractivity contribution >= 4 is 12.0 Å². The third-order valence-electron chi connectivity index (χ3n) is 9.37. The van der Waals surface area contributed by atoms with Crippen LogP contribution in [-0.4, -0.2) is 69.3 Å². The Balaban J connectivity index is 1.43. The number of hydrogen-bond acceptors (Lipinski definition) is 5. The molecule has 2 aromatic carbocycles. The van der Waals surface area contributed by atoms with Gasteiger partial charge in [0, 0.05) is 30.8 Å². The quantitative estimate of drug-likeness (QED) is 0.426. The molecule has 1 spiro atoms. The van der Waals surface area contributed by atoms with Crippen LogP contribution in [0, 0.1) is 5.92 Å². The summed E-state index contributed by atoms with van der Waals surface area (Å²) in [5.41, 5.74) is 1.41. The molecular weight excluding hydrogens is 476 g/mol. The highest BCUT2D eigenvalue weighted by Gasteiger charge is 2.73. The Hall–Kier alpha value is -3.09. The zero-order chi connectivity index (χ0) is 26.7. The van der Waals surface area contributed by atoms with E-state index in [1.165, 1.54) is 0 Å². The van der Waals surface area contributed by atoms with Crippen molar-refractivity contribution in [3.05, 3.63) is 77.9 Å². The van der Waals surface area contributed by atoms with Crippen molar-refractivity contribution in [1.82, 2.24) is 9.80 Å². The molecular formula is C32H38N2O4. The topological polar surface area (TPSA) is 73.2 Å². The Morgan fingerprint density at radius 3 is 2.76 bits per heavy atom. The van der Waals surface area contributed by atoms with Gasteiger partial charge in [0.25, 0.3) is 0 Å². The van der Waals surface area contributed by atoms with Gasteiger partial charge in [-0.05, 0) is 61.4 Å². The van der Waals surface area contributed by atoms with E-state index in [9.17, 15) is 15.0 Å². The van der Waals surface area contributed by atoms with Gasteiger partial charge in [-0.2, -0.15) is 0 Å². The van der Waals surface area contributed by atoms with Crippen LogP contribution in [0.4, 0.5) is 0 Å². The molecule has 2 bridgehead atoms. The fourth-order valence-corrected chi connectivity index (χ4v) is 7.92. The summed E-state index contributed by atoms with van der Waals surface area (Å²) in [6.07, 6.45) is 7.66. The minimum Gasteiger partial charge on any atom is -0.504 e. The largest absolute Gasteiger partial charge is 0.504 e. The molecule has 6 nitrogen and oxygen atoms in total. The molecule has 2 aliphatic heterocycles. The van der Waals surface area contributed by atoms with Gasteiger partial charge in [0.15, 0.2) is 11.5 Å². The summed E-state index contributed by atoms with van der Waals surface area (Å²) >= 11 is 0. The SMILES string of the molecule is C=CCN1CC[C@]23c4c5ccc(O)c4OC2C(N(CC(C)C)C(=O)/C=C/c2ccccc2)CC[C@@]3(O)[C@H]1C5. The number of rotatable bonds is 7. The van der Waals surface area contributed by atoms with E-state index in [1.54, 1.807) is 12.1 Å². The Labute approximate surface area is 225 Å². The van der Waals surface area contributed by atoms with Crippen molar-refractivity contribution in [2.45, 2.75) is 68.7 Å². The van der Waals surface area contributed by atoms with E-state index in [2.05, 4.69) is 25.3 Å². The molecule has 1 saturated carbocycles. The van der Waals surface area contributed by atoms with Crippen LogP contribution in [-0.2, 0) is 16.6 Å². The molecule has 0 aromatic heterocycles. The summed E-state index contributed by atoms with van der Waals surface area (Å²) in [6.45, 7) is 10.3. The molecule has 2 unspecified atom stereocenters. The Morgan fingerprint density at radius 1 is 1.24 bits per heavy atom. The number of benzene rings is 2. The molecule has 2 heterocycles. The first kappa shape index (κ1) is 25.2. The van der Waals surface area contributed by atoms with Crippen LogP contribution in [0.2, 0.25) is 0 Å². The average molecular weight is 515 g/mol. The van der Waals surface area contributed by atoms with Crippen molar-refractivity contribution < 1.29 is 19.7 Å². The third kappa shape index (κ3) is 3.57. The molecule has 6 rings (SSSR count). The number of phenols is 1. The molecule has 5 atom stereocenters. The summed E-state index contributed by atoms with van der Waals surface area (Å²) in [5.74, 6) is 0.843. The Kier molecular flexibility index (Phi) is 6.15. The number of hydrogen-bond donors (Lipinski definition) is 2. The third-order valence-corrected chi connectivity index (χ3v) is 9.37. The van der Waals surface area contributed by atoms with Crippen LogP contribution in [0.3, 0.4) is 0 Å². The molecule has 38 heavy (non-hydrogen) atoms. The summed E-state index contributed by atoms with van der Waals surface area (Å²) in [4.78, 5) is 18.1. The van der Waals surface area contributed by atoms with E-state index >= 15 is 0 Å². The fourth-order valence-electron chi connectivity index (χ4n) is 7.92. The second-order valence-corrected chi connectivity index (χ2v) is 11.9. The number of phenolic OH excluding ortho intramolecular Hbond substituents is 1.